The molecule has 1 heteroatoms. The van der Waals surface area contributed by atoms with E-state index in [0.717, 1.165) is 29.6 Å². The van der Waals surface area contributed by atoms with Crippen LogP contribution in [0, 0.1) is 0 Å². The molecular weight excluding hydrogens is 256 g/mol. The molecule has 0 aliphatic heterocycles. The first-order chi connectivity index (χ1) is 10.2. The molecule has 0 amide bonds. The molecule has 0 spiro atoms. The molecule has 0 saturated heterocycles. The summed E-state index contributed by atoms with van der Waals surface area (Å²) in [6.45, 7) is 11.6. The van der Waals surface area contributed by atoms with Gasteiger partial charge in [0.2, 0.25) is 0 Å². The monoisotopic (exact) mass is 280 g/mol. The normalized spacial score (nSPS) is 17.0. The third-order valence-corrected chi connectivity index (χ3v) is 3.25. The molecule has 1 nitrogen and oxygen atoms in total. The van der Waals surface area contributed by atoms with Crippen molar-refractivity contribution in [2.45, 2.75) is 26.7 Å². The van der Waals surface area contributed by atoms with Gasteiger partial charge in [-0.2, -0.15) is 0 Å². The maximum Gasteiger partial charge on any atom is 0.130 e. The van der Waals surface area contributed by atoms with Crippen molar-refractivity contribution in [1.29, 1.82) is 0 Å². The molecule has 1 aliphatic rings. The Kier molecular flexibility index (Phi) is 7.03. The summed E-state index contributed by atoms with van der Waals surface area (Å²) in [5, 5.41) is 10.6. The summed E-state index contributed by atoms with van der Waals surface area (Å²) in [6, 6.07) is 0. The highest BCUT2D eigenvalue weighted by Crippen LogP contribution is 2.27. The molecule has 0 aromatic carbocycles. The Morgan fingerprint density at radius 2 is 2.00 bits per heavy atom. The first-order valence-electron chi connectivity index (χ1n) is 7.23. The lowest BCUT2D eigenvalue weighted by Gasteiger charge is -2.14. The smallest absolute Gasteiger partial charge is 0.130 e. The number of hydrogen-bond donors (Lipinski definition) is 1. The molecule has 0 atom stereocenters. The SMILES string of the molecule is C=C\C=C/C(=C\C)C(/C=C\C)=C(\O)C(=C)C1=CCCC=C1. The molecule has 1 N–H and O–H groups in total. The highest BCUT2D eigenvalue weighted by atomic mass is 16.3. The molecule has 1 aliphatic carbocycles. The van der Waals surface area contributed by atoms with E-state index in [2.05, 4.69) is 25.3 Å². The molecule has 1 rings (SSSR count). The van der Waals surface area contributed by atoms with Gasteiger partial charge < -0.3 is 5.11 Å². The van der Waals surface area contributed by atoms with Crippen LogP contribution < -0.4 is 0 Å². The first kappa shape index (κ1) is 16.8. The van der Waals surface area contributed by atoms with Crippen molar-refractivity contribution in [2.24, 2.45) is 0 Å². The fourth-order valence-electron chi connectivity index (χ4n) is 2.13. The second-order valence-electron chi connectivity index (χ2n) is 4.72. The fraction of sp³-hybridized carbons (Fsp3) is 0.200. The lowest BCUT2D eigenvalue weighted by atomic mass is 9.94. The molecule has 21 heavy (non-hydrogen) atoms. The van der Waals surface area contributed by atoms with Crippen LogP contribution in [0.3, 0.4) is 0 Å². The Labute approximate surface area is 128 Å². The van der Waals surface area contributed by atoms with Crippen molar-refractivity contribution in [3.05, 3.63) is 95.9 Å². The maximum absolute atomic E-state index is 10.6. The van der Waals surface area contributed by atoms with E-state index in [9.17, 15) is 5.11 Å². The van der Waals surface area contributed by atoms with Crippen LogP contribution in [0.2, 0.25) is 0 Å². The summed E-state index contributed by atoms with van der Waals surface area (Å²) < 4.78 is 0. The van der Waals surface area contributed by atoms with Gasteiger partial charge >= 0.3 is 0 Å². The minimum absolute atomic E-state index is 0.215. The van der Waals surface area contributed by atoms with E-state index in [1.54, 1.807) is 6.08 Å². The van der Waals surface area contributed by atoms with Crippen LogP contribution in [0.5, 0.6) is 0 Å². The minimum Gasteiger partial charge on any atom is -0.507 e. The lowest BCUT2D eigenvalue weighted by Crippen LogP contribution is -1.98. The average molecular weight is 280 g/mol. The first-order valence-corrected chi connectivity index (χ1v) is 7.23. The lowest BCUT2D eigenvalue weighted by molar-refractivity contribution is 0.422. The Hall–Kier alpha value is -2.28. The fourth-order valence-corrected chi connectivity index (χ4v) is 2.13. The molecule has 0 aromatic rings. The van der Waals surface area contributed by atoms with Crippen LogP contribution in [0.4, 0.5) is 0 Å². The van der Waals surface area contributed by atoms with Crippen LogP contribution in [-0.4, -0.2) is 5.11 Å². The van der Waals surface area contributed by atoms with E-state index >= 15 is 0 Å². The van der Waals surface area contributed by atoms with Crippen molar-refractivity contribution < 1.29 is 5.11 Å². The largest absolute Gasteiger partial charge is 0.507 e. The maximum atomic E-state index is 10.6. The van der Waals surface area contributed by atoms with Crippen molar-refractivity contribution in [3.8, 4) is 0 Å². The summed E-state index contributed by atoms with van der Waals surface area (Å²) in [7, 11) is 0. The van der Waals surface area contributed by atoms with Gasteiger partial charge in [0.15, 0.2) is 0 Å². The molecular formula is C20H24O. The van der Waals surface area contributed by atoms with Crippen LogP contribution in [0.1, 0.15) is 26.7 Å². The quantitative estimate of drug-likeness (QED) is 0.474. The molecule has 0 aromatic heterocycles. The van der Waals surface area contributed by atoms with E-state index in [1.807, 2.05) is 50.3 Å². The van der Waals surface area contributed by atoms with E-state index in [1.165, 1.54) is 0 Å². The second-order valence-corrected chi connectivity index (χ2v) is 4.72. The predicted octanol–water partition coefficient (Wildman–Crippen LogP) is 5.90. The highest BCUT2D eigenvalue weighted by Gasteiger charge is 2.12. The predicted molar refractivity (Wildman–Crippen MR) is 93.2 cm³/mol. The molecule has 0 unspecified atom stereocenters. The minimum atomic E-state index is 0.215. The van der Waals surface area contributed by atoms with E-state index in [-0.39, 0.29) is 5.76 Å². The van der Waals surface area contributed by atoms with Crippen molar-refractivity contribution in [1.82, 2.24) is 0 Å². The molecule has 0 bridgehead atoms. The van der Waals surface area contributed by atoms with Gasteiger partial charge in [0.05, 0.1) is 0 Å². The zero-order valence-corrected chi connectivity index (χ0v) is 13.0. The van der Waals surface area contributed by atoms with E-state index < -0.39 is 0 Å². The average Bonchev–Trinajstić information content (AvgIpc) is 2.54. The zero-order valence-electron chi connectivity index (χ0n) is 13.0. The van der Waals surface area contributed by atoms with Crippen LogP contribution in [0.15, 0.2) is 95.9 Å². The molecule has 0 heterocycles. The van der Waals surface area contributed by atoms with Crippen LogP contribution in [-0.2, 0) is 0 Å². The van der Waals surface area contributed by atoms with Gasteiger partial charge in [-0.3, -0.25) is 0 Å². The van der Waals surface area contributed by atoms with Crippen LogP contribution >= 0.6 is 0 Å². The topological polar surface area (TPSA) is 20.2 Å². The highest BCUT2D eigenvalue weighted by molar-refractivity contribution is 5.58. The van der Waals surface area contributed by atoms with Gasteiger partial charge in [-0.15, -0.1) is 0 Å². The number of hydrogen-bond acceptors (Lipinski definition) is 1. The molecule has 0 saturated carbocycles. The summed E-state index contributed by atoms with van der Waals surface area (Å²) in [4.78, 5) is 0. The Morgan fingerprint density at radius 3 is 2.52 bits per heavy atom. The Morgan fingerprint density at radius 1 is 1.24 bits per heavy atom. The third kappa shape index (κ3) is 4.64. The van der Waals surface area contributed by atoms with Crippen molar-refractivity contribution >= 4 is 0 Å². The van der Waals surface area contributed by atoms with Crippen molar-refractivity contribution in [3.63, 3.8) is 0 Å². The van der Waals surface area contributed by atoms with Crippen LogP contribution in [0.25, 0.3) is 0 Å². The second kappa shape index (κ2) is 8.80. The number of allylic oxidation sites excluding steroid dienone is 12. The molecule has 0 radical (unpaired) electrons. The number of aliphatic hydroxyl groups is 1. The standard InChI is InChI=1S/C20H24O/c1-5-8-13-17(7-3)19(12-6-2)20(21)16(4)18-14-10-9-11-15-18/h5-8,10,12-15,21H,1,4,9,11H2,2-3H3/b12-6-,13-8-,17-7+,20-19-. The van der Waals surface area contributed by atoms with Gasteiger partial charge in [-0.05, 0) is 37.8 Å². The third-order valence-electron chi connectivity index (χ3n) is 3.25. The molecule has 110 valence electrons. The Balaban J connectivity index is 3.25. The van der Waals surface area contributed by atoms with Gasteiger partial charge in [-0.1, -0.05) is 67.8 Å². The number of aliphatic hydroxyl groups excluding tert-OH is 1. The van der Waals surface area contributed by atoms with Gasteiger partial charge in [0.1, 0.15) is 5.76 Å². The summed E-state index contributed by atoms with van der Waals surface area (Å²) >= 11 is 0. The summed E-state index contributed by atoms with van der Waals surface area (Å²) in [5.41, 5.74) is 3.35. The van der Waals surface area contributed by atoms with E-state index in [0.29, 0.717) is 5.57 Å². The van der Waals surface area contributed by atoms with Crippen molar-refractivity contribution in [2.75, 3.05) is 0 Å². The zero-order chi connectivity index (χ0) is 15.7. The number of rotatable bonds is 6. The summed E-state index contributed by atoms with van der Waals surface area (Å²) in [5.74, 6) is 0.215. The molecule has 0 fully saturated rings. The van der Waals surface area contributed by atoms with E-state index in [4.69, 9.17) is 0 Å². The van der Waals surface area contributed by atoms with Gasteiger partial charge in [-0.25, -0.2) is 0 Å². The summed E-state index contributed by atoms with van der Waals surface area (Å²) in [6.07, 6.45) is 19.5. The van der Waals surface area contributed by atoms with Gasteiger partial charge in [0, 0.05) is 11.1 Å². The Bertz CT molecular complexity index is 575. The van der Waals surface area contributed by atoms with Gasteiger partial charge in [0.25, 0.3) is 0 Å².